The molecule has 2 aromatic carbocycles. The van der Waals surface area contributed by atoms with E-state index in [0.717, 1.165) is 6.42 Å². The summed E-state index contributed by atoms with van der Waals surface area (Å²) in [5.41, 5.74) is 1.06. The van der Waals surface area contributed by atoms with Crippen molar-refractivity contribution in [3.05, 3.63) is 60.2 Å². The molecule has 0 unspecified atom stereocenters. The van der Waals surface area contributed by atoms with Crippen molar-refractivity contribution in [2.45, 2.75) is 6.42 Å². The first kappa shape index (κ1) is 20.0. The molecule has 1 heterocycles. The van der Waals surface area contributed by atoms with Crippen LogP contribution >= 0.6 is 0 Å². The molecule has 1 aliphatic heterocycles. The number of rotatable bonds is 5. The first-order valence-electron chi connectivity index (χ1n) is 11.2. The summed E-state index contributed by atoms with van der Waals surface area (Å²) in [5.74, 6) is 0.958. The normalized spacial score (nSPS) is 30.7. The van der Waals surface area contributed by atoms with Gasteiger partial charge in [-0.1, -0.05) is 24.3 Å². The second-order valence-electron chi connectivity index (χ2n) is 9.20. The minimum atomic E-state index is -0.423. The quantitative estimate of drug-likeness (QED) is 0.564. The van der Waals surface area contributed by atoms with Gasteiger partial charge in [0, 0.05) is 6.07 Å². The van der Waals surface area contributed by atoms with E-state index in [1.54, 1.807) is 49.6 Å². The molecule has 6 atom stereocenters. The summed E-state index contributed by atoms with van der Waals surface area (Å²) in [6, 6.07) is 11.9. The number of nitrogens with one attached hydrogen (secondary N) is 1. The highest BCUT2D eigenvalue weighted by atomic mass is 16.5. The third-order valence-corrected chi connectivity index (χ3v) is 7.71. The number of hydrogen-bond acceptors (Lipinski definition) is 5. The minimum absolute atomic E-state index is 0.135. The lowest BCUT2D eigenvalue weighted by molar-refractivity contribution is -0.124. The molecule has 0 radical (unpaired) electrons. The fourth-order valence-corrected chi connectivity index (χ4v) is 6.15. The van der Waals surface area contributed by atoms with Gasteiger partial charge in [0.15, 0.2) is 0 Å². The average Bonchev–Trinajstić information content (AvgIpc) is 3.62. The maximum atomic E-state index is 13.5. The van der Waals surface area contributed by atoms with Gasteiger partial charge < -0.3 is 14.8 Å². The summed E-state index contributed by atoms with van der Waals surface area (Å²) in [5, 5.41) is 2.85. The van der Waals surface area contributed by atoms with Crippen LogP contribution in [0.25, 0.3) is 0 Å². The molecule has 7 rings (SSSR count). The standard InChI is InChI=1S/C26H24N2O5/c1-32-13-7-10-19(21(11-13)33-2)27-24(29)16-5-3-4-6-20(16)28-25(30)22-14-8-9-15(18-12-17(14)18)23(22)26(28)31/h3-11,14-15,17-18,22-23H,12H2,1-2H3,(H,27,29)/t14-,15-,17-,18-,22-,23-/m1/s1. The molecule has 168 valence electrons. The first-order chi connectivity index (χ1) is 16.0. The number of benzene rings is 2. The summed E-state index contributed by atoms with van der Waals surface area (Å²) in [7, 11) is 3.06. The highest BCUT2D eigenvalue weighted by molar-refractivity contribution is 6.25. The summed E-state index contributed by atoms with van der Waals surface area (Å²) in [6.45, 7) is 0. The second kappa shape index (κ2) is 7.20. The second-order valence-corrected chi connectivity index (χ2v) is 9.20. The summed E-state index contributed by atoms with van der Waals surface area (Å²) < 4.78 is 10.6. The molecule has 0 aromatic heterocycles. The Balaban J connectivity index is 1.32. The molecule has 3 amide bonds. The van der Waals surface area contributed by atoms with Crippen molar-refractivity contribution in [2.75, 3.05) is 24.4 Å². The van der Waals surface area contributed by atoms with Crippen LogP contribution in [0.1, 0.15) is 16.8 Å². The van der Waals surface area contributed by atoms with Crippen LogP contribution in [0.3, 0.4) is 0 Å². The maximum Gasteiger partial charge on any atom is 0.257 e. The van der Waals surface area contributed by atoms with Crippen LogP contribution in [0.2, 0.25) is 0 Å². The number of carbonyl (C=O) groups is 3. The molecular weight excluding hydrogens is 420 g/mol. The molecular formula is C26H24N2O5. The molecule has 1 N–H and O–H groups in total. The average molecular weight is 444 g/mol. The molecule has 3 fully saturated rings. The smallest absolute Gasteiger partial charge is 0.257 e. The Kier molecular flexibility index (Phi) is 4.37. The summed E-state index contributed by atoms with van der Waals surface area (Å²) >= 11 is 0. The molecule has 2 bridgehead atoms. The number of allylic oxidation sites excluding steroid dienone is 2. The van der Waals surface area contributed by atoms with Gasteiger partial charge in [-0.2, -0.15) is 0 Å². The van der Waals surface area contributed by atoms with Gasteiger partial charge in [0.2, 0.25) is 11.8 Å². The van der Waals surface area contributed by atoms with Crippen molar-refractivity contribution in [3.63, 3.8) is 0 Å². The van der Waals surface area contributed by atoms with E-state index in [2.05, 4.69) is 17.5 Å². The molecule has 7 nitrogen and oxygen atoms in total. The van der Waals surface area contributed by atoms with Crippen molar-refractivity contribution in [3.8, 4) is 11.5 Å². The van der Waals surface area contributed by atoms with Gasteiger partial charge in [-0.15, -0.1) is 0 Å². The van der Waals surface area contributed by atoms with Gasteiger partial charge in [-0.25, -0.2) is 4.90 Å². The molecule has 2 saturated carbocycles. The van der Waals surface area contributed by atoms with Crippen LogP contribution in [-0.4, -0.2) is 31.9 Å². The number of anilines is 2. The van der Waals surface area contributed by atoms with Gasteiger partial charge in [-0.3, -0.25) is 14.4 Å². The third kappa shape index (κ3) is 2.84. The maximum absolute atomic E-state index is 13.5. The third-order valence-electron chi connectivity index (χ3n) is 7.71. The Bertz CT molecular complexity index is 1180. The van der Waals surface area contributed by atoms with Crippen molar-refractivity contribution in [1.82, 2.24) is 0 Å². The zero-order valence-corrected chi connectivity index (χ0v) is 18.4. The lowest BCUT2D eigenvalue weighted by Crippen LogP contribution is -2.40. The van der Waals surface area contributed by atoms with Crippen LogP contribution in [0.15, 0.2) is 54.6 Å². The van der Waals surface area contributed by atoms with Gasteiger partial charge >= 0.3 is 0 Å². The Morgan fingerprint density at radius 2 is 1.61 bits per heavy atom. The number of imide groups is 1. The molecule has 7 heteroatoms. The van der Waals surface area contributed by atoms with Gasteiger partial charge in [0.05, 0.1) is 43.0 Å². The minimum Gasteiger partial charge on any atom is -0.497 e. The van der Waals surface area contributed by atoms with Crippen LogP contribution in [0, 0.1) is 35.5 Å². The monoisotopic (exact) mass is 444 g/mol. The largest absolute Gasteiger partial charge is 0.497 e. The van der Waals surface area contributed by atoms with E-state index in [-0.39, 0.29) is 41.0 Å². The highest BCUT2D eigenvalue weighted by Gasteiger charge is 2.67. The van der Waals surface area contributed by atoms with Gasteiger partial charge in [0.1, 0.15) is 11.5 Å². The first-order valence-corrected chi connectivity index (χ1v) is 11.2. The van der Waals surface area contributed by atoms with E-state index in [9.17, 15) is 14.4 Å². The predicted molar refractivity (Wildman–Crippen MR) is 121 cm³/mol. The number of methoxy groups -OCH3 is 2. The molecule has 0 spiro atoms. The molecule has 1 saturated heterocycles. The number of nitrogens with zero attached hydrogens (tertiary/aromatic N) is 1. The Morgan fingerprint density at radius 3 is 2.24 bits per heavy atom. The summed E-state index contributed by atoms with van der Waals surface area (Å²) in [4.78, 5) is 41.6. The van der Waals surface area contributed by atoms with E-state index in [1.165, 1.54) is 12.0 Å². The molecule has 33 heavy (non-hydrogen) atoms. The number of hydrogen-bond donors (Lipinski definition) is 1. The predicted octanol–water partition coefficient (Wildman–Crippen LogP) is 3.51. The van der Waals surface area contributed by atoms with E-state index in [0.29, 0.717) is 34.7 Å². The topological polar surface area (TPSA) is 84.9 Å². The zero-order valence-electron chi connectivity index (χ0n) is 18.4. The summed E-state index contributed by atoms with van der Waals surface area (Å²) in [6.07, 6.45) is 5.39. The van der Waals surface area contributed by atoms with Crippen molar-refractivity contribution < 1.29 is 23.9 Å². The highest BCUT2D eigenvalue weighted by Crippen LogP contribution is 2.65. The Labute approximate surface area is 191 Å². The lowest BCUT2D eigenvalue weighted by atomic mass is 9.63. The SMILES string of the molecule is COc1ccc(NC(=O)c2ccccc2N2C(=O)[C@@H]3[C@@H]4C=C[C@H]([C@H]5C[C@H]45)[C@H]3C2=O)c(OC)c1. The van der Waals surface area contributed by atoms with Crippen molar-refractivity contribution in [1.29, 1.82) is 0 Å². The molecule has 2 aromatic rings. The lowest BCUT2D eigenvalue weighted by Gasteiger charge is -2.37. The van der Waals surface area contributed by atoms with E-state index >= 15 is 0 Å². The number of para-hydroxylation sites is 1. The van der Waals surface area contributed by atoms with Crippen LogP contribution in [0.4, 0.5) is 11.4 Å². The fourth-order valence-electron chi connectivity index (χ4n) is 6.15. The number of amides is 3. The van der Waals surface area contributed by atoms with E-state index in [1.807, 2.05) is 0 Å². The number of carbonyl (C=O) groups excluding carboxylic acids is 3. The van der Waals surface area contributed by atoms with Gasteiger partial charge in [-0.05, 0) is 54.4 Å². The zero-order chi connectivity index (χ0) is 22.9. The van der Waals surface area contributed by atoms with Crippen molar-refractivity contribution >= 4 is 29.1 Å². The van der Waals surface area contributed by atoms with Crippen molar-refractivity contribution in [2.24, 2.45) is 35.5 Å². The van der Waals surface area contributed by atoms with Crippen LogP contribution in [0.5, 0.6) is 11.5 Å². The fraction of sp³-hybridized carbons (Fsp3) is 0.346. The molecule has 4 aliphatic carbocycles. The molecule has 5 aliphatic rings. The Hall–Kier alpha value is -3.61. The number of ether oxygens (including phenoxy) is 2. The van der Waals surface area contributed by atoms with E-state index in [4.69, 9.17) is 9.47 Å². The van der Waals surface area contributed by atoms with Gasteiger partial charge in [0.25, 0.3) is 5.91 Å². The Morgan fingerprint density at radius 1 is 0.939 bits per heavy atom. The van der Waals surface area contributed by atoms with E-state index < -0.39 is 5.91 Å². The van der Waals surface area contributed by atoms with Crippen LogP contribution < -0.4 is 19.7 Å². The van der Waals surface area contributed by atoms with Crippen LogP contribution in [-0.2, 0) is 9.59 Å².